The molecule has 0 saturated heterocycles. The van der Waals surface area contributed by atoms with Crippen molar-refractivity contribution in [2.45, 2.75) is 13.0 Å². The number of aryl methyl sites for hydroxylation is 1. The van der Waals surface area contributed by atoms with E-state index in [1.54, 1.807) is 13.0 Å². The predicted octanol–water partition coefficient (Wildman–Crippen LogP) is 0.862. The molecular formula is C9H13N3O2. The van der Waals surface area contributed by atoms with Crippen LogP contribution in [-0.2, 0) is 0 Å². The Bertz CT molecular complexity index is 352. The second-order valence-corrected chi connectivity index (χ2v) is 3.14. The Labute approximate surface area is 81.9 Å². The summed E-state index contributed by atoms with van der Waals surface area (Å²) in [6.07, 6.45) is 0. The molecule has 76 valence electrons. The average Bonchev–Trinajstić information content (AvgIpc) is 2.16. The maximum absolute atomic E-state index is 10.5. The Kier molecular flexibility index (Phi) is 3.16. The number of nitrogens with zero attached hydrogens (tertiary/aromatic N) is 1. The third-order valence-electron chi connectivity index (χ3n) is 2.12. The van der Waals surface area contributed by atoms with Crippen LogP contribution in [-0.4, -0.2) is 11.5 Å². The number of rotatable bonds is 3. The zero-order valence-corrected chi connectivity index (χ0v) is 7.93. The first kappa shape index (κ1) is 10.6. The lowest BCUT2D eigenvalue weighted by atomic mass is 10.0. The van der Waals surface area contributed by atoms with Gasteiger partial charge in [-0.1, -0.05) is 6.07 Å². The van der Waals surface area contributed by atoms with E-state index in [-0.39, 0.29) is 11.7 Å². The number of non-ortho nitro benzene ring substituents is 1. The lowest BCUT2D eigenvalue weighted by molar-refractivity contribution is -0.384. The molecule has 1 rings (SSSR count). The van der Waals surface area contributed by atoms with E-state index in [1.807, 2.05) is 0 Å². The maximum atomic E-state index is 10.5. The molecule has 14 heavy (non-hydrogen) atoms. The molecule has 0 aromatic heterocycles. The van der Waals surface area contributed by atoms with E-state index in [0.717, 1.165) is 11.1 Å². The smallest absolute Gasteiger partial charge is 0.269 e. The van der Waals surface area contributed by atoms with Crippen LogP contribution in [0.5, 0.6) is 0 Å². The summed E-state index contributed by atoms with van der Waals surface area (Å²) in [5.41, 5.74) is 12.9. The largest absolute Gasteiger partial charge is 0.329 e. The van der Waals surface area contributed by atoms with Crippen LogP contribution in [0.3, 0.4) is 0 Å². The Morgan fingerprint density at radius 2 is 2.21 bits per heavy atom. The van der Waals surface area contributed by atoms with Crippen molar-refractivity contribution in [3.63, 3.8) is 0 Å². The molecule has 0 aliphatic heterocycles. The van der Waals surface area contributed by atoms with Gasteiger partial charge in [-0.25, -0.2) is 0 Å². The van der Waals surface area contributed by atoms with E-state index in [4.69, 9.17) is 11.5 Å². The van der Waals surface area contributed by atoms with Gasteiger partial charge in [-0.3, -0.25) is 10.1 Å². The molecule has 1 aromatic carbocycles. The van der Waals surface area contributed by atoms with Gasteiger partial charge in [0, 0.05) is 24.7 Å². The van der Waals surface area contributed by atoms with Crippen LogP contribution >= 0.6 is 0 Å². The second kappa shape index (κ2) is 4.17. The van der Waals surface area contributed by atoms with Crippen LogP contribution in [0.25, 0.3) is 0 Å². The molecule has 0 saturated carbocycles. The van der Waals surface area contributed by atoms with Crippen LogP contribution in [0.1, 0.15) is 17.2 Å². The second-order valence-electron chi connectivity index (χ2n) is 3.14. The number of benzene rings is 1. The summed E-state index contributed by atoms with van der Waals surface area (Å²) in [6.45, 7) is 2.12. The third-order valence-corrected chi connectivity index (χ3v) is 2.12. The summed E-state index contributed by atoms with van der Waals surface area (Å²) in [7, 11) is 0. The summed E-state index contributed by atoms with van der Waals surface area (Å²) in [5.74, 6) is 0. The Morgan fingerprint density at radius 1 is 1.57 bits per heavy atom. The molecule has 0 fully saturated rings. The molecule has 0 aliphatic rings. The first-order valence-electron chi connectivity index (χ1n) is 4.27. The lowest BCUT2D eigenvalue weighted by Crippen LogP contribution is -2.21. The van der Waals surface area contributed by atoms with Crippen LogP contribution < -0.4 is 11.5 Å². The highest BCUT2D eigenvalue weighted by atomic mass is 16.6. The molecule has 5 nitrogen and oxygen atoms in total. The molecule has 0 radical (unpaired) electrons. The van der Waals surface area contributed by atoms with E-state index in [2.05, 4.69) is 0 Å². The number of nitro groups is 1. The fraction of sp³-hybridized carbons (Fsp3) is 0.333. The van der Waals surface area contributed by atoms with E-state index < -0.39 is 4.92 Å². The van der Waals surface area contributed by atoms with E-state index in [1.165, 1.54) is 12.1 Å². The van der Waals surface area contributed by atoms with E-state index in [0.29, 0.717) is 6.54 Å². The van der Waals surface area contributed by atoms with Crippen molar-refractivity contribution < 1.29 is 4.92 Å². The van der Waals surface area contributed by atoms with Gasteiger partial charge >= 0.3 is 0 Å². The first-order valence-corrected chi connectivity index (χ1v) is 4.27. The summed E-state index contributed by atoms with van der Waals surface area (Å²) >= 11 is 0. The van der Waals surface area contributed by atoms with Crippen molar-refractivity contribution in [2.24, 2.45) is 11.5 Å². The predicted molar refractivity (Wildman–Crippen MR) is 53.8 cm³/mol. The topological polar surface area (TPSA) is 95.2 Å². The molecule has 4 N–H and O–H groups in total. The van der Waals surface area contributed by atoms with Crippen LogP contribution in [0.2, 0.25) is 0 Å². The fourth-order valence-electron chi connectivity index (χ4n) is 1.32. The summed E-state index contributed by atoms with van der Waals surface area (Å²) in [4.78, 5) is 10.0. The zero-order valence-electron chi connectivity index (χ0n) is 7.93. The fourth-order valence-corrected chi connectivity index (χ4v) is 1.32. The quantitative estimate of drug-likeness (QED) is 0.552. The SMILES string of the molecule is Cc1cc([N+](=O)[O-])ccc1[C@H](N)CN. The van der Waals surface area contributed by atoms with Gasteiger partial charge < -0.3 is 11.5 Å². The van der Waals surface area contributed by atoms with Gasteiger partial charge in [0.05, 0.1) is 4.92 Å². The normalized spacial score (nSPS) is 12.5. The highest BCUT2D eigenvalue weighted by molar-refractivity contribution is 5.40. The average molecular weight is 195 g/mol. The lowest BCUT2D eigenvalue weighted by Gasteiger charge is -2.11. The van der Waals surface area contributed by atoms with Gasteiger partial charge in [0.2, 0.25) is 0 Å². The molecular weight excluding hydrogens is 182 g/mol. The first-order chi connectivity index (χ1) is 6.56. The summed E-state index contributed by atoms with van der Waals surface area (Å²) in [6, 6.07) is 4.35. The van der Waals surface area contributed by atoms with Gasteiger partial charge in [0.25, 0.3) is 5.69 Å². The van der Waals surface area contributed by atoms with Gasteiger partial charge in [-0.15, -0.1) is 0 Å². The number of nitrogens with two attached hydrogens (primary N) is 2. The molecule has 5 heteroatoms. The van der Waals surface area contributed by atoms with Gasteiger partial charge in [-0.05, 0) is 18.1 Å². The number of hydrogen-bond donors (Lipinski definition) is 2. The zero-order chi connectivity index (χ0) is 10.7. The van der Waals surface area contributed by atoms with Crippen LogP contribution in [0, 0.1) is 17.0 Å². The highest BCUT2D eigenvalue weighted by Gasteiger charge is 2.11. The minimum atomic E-state index is -0.426. The monoisotopic (exact) mass is 195 g/mol. The van der Waals surface area contributed by atoms with Crippen molar-refractivity contribution >= 4 is 5.69 Å². The molecule has 0 amide bonds. The molecule has 0 spiro atoms. The Morgan fingerprint density at radius 3 is 2.64 bits per heavy atom. The van der Waals surface area contributed by atoms with Crippen molar-refractivity contribution in [2.75, 3.05) is 6.54 Å². The van der Waals surface area contributed by atoms with Crippen molar-refractivity contribution in [3.8, 4) is 0 Å². The molecule has 0 unspecified atom stereocenters. The molecule has 0 aliphatic carbocycles. The third kappa shape index (κ3) is 2.07. The van der Waals surface area contributed by atoms with Crippen LogP contribution in [0.15, 0.2) is 18.2 Å². The minimum Gasteiger partial charge on any atom is -0.329 e. The Balaban J connectivity index is 3.07. The highest BCUT2D eigenvalue weighted by Crippen LogP contribution is 2.20. The van der Waals surface area contributed by atoms with Crippen molar-refractivity contribution in [1.82, 2.24) is 0 Å². The summed E-state index contributed by atoms with van der Waals surface area (Å²) < 4.78 is 0. The summed E-state index contributed by atoms with van der Waals surface area (Å²) in [5, 5.41) is 10.5. The number of nitro benzene ring substituents is 1. The molecule has 1 aromatic rings. The van der Waals surface area contributed by atoms with E-state index in [9.17, 15) is 10.1 Å². The Hall–Kier alpha value is -1.46. The van der Waals surface area contributed by atoms with Gasteiger partial charge in [-0.2, -0.15) is 0 Å². The minimum absolute atomic E-state index is 0.0791. The molecule has 0 heterocycles. The molecule has 0 bridgehead atoms. The van der Waals surface area contributed by atoms with Gasteiger partial charge in [0.1, 0.15) is 0 Å². The molecule has 1 atom stereocenters. The van der Waals surface area contributed by atoms with Crippen molar-refractivity contribution in [1.29, 1.82) is 0 Å². The standard InChI is InChI=1S/C9H13N3O2/c1-6-4-7(12(13)14)2-3-8(6)9(11)5-10/h2-4,9H,5,10-11H2,1H3/t9-/m1/s1. The maximum Gasteiger partial charge on any atom is 0.269 e. The van der Waals surface area contributed by atoms with Crippen LogP contribution in [0.4, 0.5) is 5.69 Å². The number of hydrogen-bond acceptors (Lipinski definition) is 4. The van der Waals surface area contributed by atoms with E-state index >= 15 is 0 Å². The van der Waals surface area contributed by atoms with Crippen molar-refractivity contribution in [3.05, 3.63) is 39.4 Å². The van der Waals surface area contributed by atoms with Gasteiger partial charge in [0.15, 0.2) is 0 Å².